The molecule has 1 aromatic heterocycles. The van der Waals surface area contributed by atoms with E-state index in [9.17, 15) is 9.59 Å². The number of anilines is 1. The Balaban J connectivity index is 1.75. The zero-order chi connectivity index (χ0) is 19.6. The van der Waals surface area contributed by atoms with E-state index in [2.05, 4.69) is 15.6 Å². The number of aromatic nitrogens is 1. The van der Waals surface area contributed by atoms with Crippen molar-refractivity contribution in [3.8, 4) is 0 Å². The lowest BCUT2D eigenvalue weighted by Crippen LogP contribution is -2.43. The molecule has 0 bridgehead atoms. The lowest BCUT2D eigenvalue weighted by molar-refractivity contribution is -0.130. The molecule has 7 heteroatoms. The quantitative estimate of drug-likeness (QED) is 0.746. The summed E-state index contributed by atoms with van der Waals surface area (Å²) in [5, 5.41) is 5.35. The highest BCUT2D eigenvalue weighted by molar-refractivity contribution is 5.83. The molecule has 0 aliphatic carbocycles. The number of hydrogen-bond acceptors (Lipinski definition) is 4. The second kappa shape index (κ2) is 10.2. The van der Waals surface area contributed by atoms with Crippen LogP contribution in [0.5, 0.6) is 0 Å². The van der Waals surface area contributed by atoms with Crippen LogP contribution in [0.3, 0.4) is 0 Å². The first kappa shape index (κ1) is 20.2. The molecule has 0 aliphatic heterocycles. The van der Waals surface area contributed by atoms with Crippen LogP contribution < -0.4 is 15.5 Å². The summed E-state index contributed by atoms with van der Waals surface area (Å²) in [6, 6.07) is 13.2. The molecule has 0 saturated carbocycles. The molecule has 2 N–H and O–H groups in total. The second-order valence-corrected chi connectivity index (χ2v) is 6.35. The van der Waals surface area contributed by atoms with E-state index >= 15 is 0 Å². The van der Waals surface area contributed by atoms with E-state index in [1.165, 1.54) is 0 Å². The van der Waals surface area contributed by atoms with Crippen LogP contribution >= 0.6 is 0 Å². The summed E-state index contributed by atoms with van der Waals surface area (Å²) >= 11 is 0. The molecule has 0 unspecified atom stereocenters. The number of urea groups is 1. The average Bonchev–Trinajstić information content (AvgIpc) is 2.69. The molecule has 0 saturated heterocycles. The van der Waals surface area contributed by atoms with Crippen molar-refractivity contribution in [1.82, 2.24) is 20.5 Å². The van der Waals surface area contributed by atoms with Gasteiger partial charge < -0.3 is 20.4 Å². The minimum Gasteiger partial charge on any atom is -0.363 e. The maximum Gasteiger partial charge on any atom is 0.315 e. The molecule has 2 aromatic rings. The Kier molecular flexibility index (Phi) is 7.61. The highest BCUT2D eigenvalue weighted by Crippen LogP contribution is 2.07. The summed E-state index contributed by atoms with van der Waals surface area (Å²) in [6.07, 6.45) is 1.72. The van der Waals surface area contributed by atoms with Gasteiger partial charge >= 0.3 is 6.03 Å². The lowest BCUT2D eigenvalue weighted by atomic mass is 10.2. The largest absolute Gasteiger partial charge is 0.363 e. The molecule has 7 nitrogen and oxygen atoms in total. The molecule has 0 aliphatic rings. The molecule has 27 heavy (non-hydrogen) atoms. The Morgan fingerprint density at radius 3 is 2.33 bits per heavy atom. The summed E-state index contributed by atoms with van der Waals surface area (Å²) in [5.41, 5.74) is 1.95. The maximum atomic E-state index is 12.3. The lowest BCUT2D eigenvalue weighted by Gasteiger charge is -2.21. The number of nitrogens with one attached hydrogen (secondary N) is 2. The van der Waals surface area contributed by atoms with Crippen molar-refractivity contribution in [2.75, 3.05) is 32.1 Å². The van der Waals surface area contributed by atoms with Crippen molar-refractivity contribution >= 4 is 17.8 Å². The van der Waals surface area contributed by atoms with Gasteiger partial charge in [0.05, 0.1) is 6.54 Å². The van der Waals surface area contributed by atoms with Gasteiger partial charge in [-0.25, -0.2) is 9.78 Å². The Morgan fingerprint density at radius 2 is 1.74 bits per heavy atom. The van der Waals surface area contributed by atoms with Gasteiger partial charge in [0.2, 0.25) is 5.91 Å². The Bertz CT molecular complexity index is 732. The van der Waals surface area contributed by atoms with Gasteiger partial charge in [-0.15, -0.1) is 0 Å². The molecule has 2 rings (SSSR count). The van der Waals surface area contributed by atoms with Crippen molar-refractivity contribution < 1.29 is 9.59 Å². The molecular formula is C20H27N5O2. The number of benzene rings is 1. The first-order valence-electron chi connectivity index (χ1n) is 8.95. The van der Waals surface area contributed by atoms with Crippen LogP contribution in [0.4, 0.5) is 10.6 Å². The summed E-state index contributed by atoms with van der Waals surface area (Å²) in [7, 11) is 3.84. The highest BCUT2D eigenvalue weighted by Gasteiger charge is 2.13. The first-order valence-corrected chi connectivity index (χ1v) is 8.95. The number of hydrogen-bond donors (Lipinski definition) is 2. The third-order valence-electron chi connectivity index (χ3n) is 4.07. The molecule has 1 aromatic carbocycles. The van der Waals surface area contributed by atoms with E-state index in [1.807, 2.05) is 68.4 Å². The Morgan fingerprint density at radius 1 is 1.00 bits per heavy atom. The Labute approximate surface area is 160 Å². The monoisotopic (exact) mass is 369 g/mol. The van der Waals surface area contributed by atoms with E-state index in [4.69, 9.17) is 0 Å². The fourth-order valence-corrected chi connectivity index (χ4v) is 2.48. The number of amides is 3. The van der Waals surface area contributed by atoms with Crippen molar-refractivity contribution in [3.63, 3.8) is 0 Å². The second-order valence-electron chi connectivity index (χ2n) is 6.35. The van der Waals surface area contributed by atoms with Crippen LogP contribution in [0.2, 0.25) is 0 Å². The number of carbonyl (C=O) groups excluding carboxylic acids is 2. The number of nitrogens with zero attached hydrogens (tertiary/aromatic N) is 3. The van der Waals surface area contributed by atoms with Gasteiger partial charge in [0.25, 0.3) is 0 Å². The SMILES string of the molecule is CCN(Cc1ccccc1)C(=O)CNC(=O)NCc1ccc(N(C)C)nc1. The molecule has 3 amide bonds. The van der Waals surface area contributed by atoms with Crippen LogP contribution in [0.15, 0.2) is 48.7 Å². The van der Waals surface area contributed by atoms with Gasteiger partial charge in [-0.3, -0.25) is 4.79 Å². The van der Waals surface area contributed by atoms with Crippen LogP contribution in [0.25, 0.3) is 0 Å². The third-order valence-corrected chi connectivity index (χ3v) is 4.07. The van der Waals surface area contributed by atoms with Gasteiger partial charge in [0.15, 0.2) is 0 Å². The average molecular weight is 369 g/mol. The van der Waals surface area contributed by atoms with E-state index in [0.29, 0.717) is 19.6 Å². The number of pyridine rings is 1. The predicted molar refractivity (Wildman–Crippen MR) is 106 cm³/mol. The van der Waals surface area contributed by atoms with Crippen molar-refractivity contribution in [2.45, 2.75) is 20.0 Å². The summed E-state index contributed by atoms with van der Waals surface area (Å²) in [6.45, 7) is 3.35. The van der Waals surface area contributed by atoms with Crippen molar-refractivity contribution in [2.24, 2.45) is 0 Å². The normalized spacial score (nSPS) is 10.2. The minimum atomic E-state index is -0.379. The molecule has 144 valence electrons. The highest BCUT2D eigenvalue weighted by atomic mass is 16.2. The van der Waals surface area contributed by atoms with Gasteiger partial charge in [0.1, 0.15) is 5.82 Å². The van der Waals surface area contributed by atoms with Gasteiger partial charge in [-0.1, -0.05) is 36.4 Å². The van der Waals surface area contributed by atoms with E-state index in [0.717, 1.165) is 16.9 Å². The van der Waals surface area contributed by atoms with Crippen LogP contribution in [-0.4, -0.2) is 49.0 Å². The minimum absolute atomic E-state index is 0.0374. The molecular weight excluding hydrogens is 342 g/mol. The summed E-state index contributed by atoms with van der Waals surface area (Å²) in [5.74, 6) is 0.736. The topological polar surface area (TPSA) is 77.6 Å². The van der Waals surface area contributed by atoms with E-state index in [-0.39, 0.29) is 18.5 Å². The zero-order valence-corrected chi connectivity index (χ0v) is 16.1. The molecule has 0 fully saturated rings. The number of rotatable bonds is 8. The molecule has 0 atom stereocenters. The van der Waals surface area contributed by atoms with E-state index in [1.54, 1.807) is 11.1 Å². The summed E-state index contributed by atoms with van der Waals surface area (Å²) < 4.78 is 0. The molecule has 0 spiro atoms. The molecule has 0 radical (unpaired) electrons. The zero-order valence-electron chi connectivity index (χ0n) is 16.1. The fourth-order valence-electron chi connectivity index (χ4n) is 2.48. The smallest absolute Gasteiger partial charge is 0.315 e. The predicted octanol–water partition coefficient (Wildman–Crippen LogP) is 2.00. The first-order chi connectivity index (χ1) is 13.0. The van der Waals surface area contributed by atoms with Crippen molar-refractivity contribution in [1.29, 1.82) is 0 Å². The van der Waals surface area contributed by atoms with Gasteiger partial charge in [0, 0.05) is 39.9 Å². The van der Waals surface area contributed by atoms with Crippen molar-refractivity contribution in [3.05, 3.63) is 59.8 Å². The standard InChI is InChI=1S/C20H27N5O2/c1-4-25(15-16-8-6-5-7-9-16)19(26)14-23-20(27)22-13-17-10-11-18(21-12-17)24(2)3/h5-12H,4,13-15H2,1-3H3,(H2,22,23,27). The number of likely N-dealkylation sites (N-methyl/N-ethyl adjacent to an activating group) is 1. The molecule has 1 heterocycles. The number of carbonyl (C=O) groups is 2. The Hall–Kier alpha value is -3.09. The summed E-state index contributed by atoms with van der Waals surface area (Å²) in [4.78, 5) is 32.2. The van der Waals surface area contributed by atoms with Crippen LogP contribution in [0.1, 0.15) is 18.1 Å². The van der Waals surface area contributed by atoms with Gasteiger partial charge in [-0.2, -0.15) is 0 Å². The van der Waals surface area contributed by atoms with Gasteiger partial charge in [-0.05, 0) is 24.1 Å². The maximum absolute atomic E-state index is 12.3. The third kappa shape index (κ3) is 6.62. The van der Waals surface area contributed by atoms with E-state index < -0.39 is 0 Å². The van der Waals surface area contributed by atoms with Crippen LogP contribution in [-0.2, 0) is 17.9 Å². The van der Waals surface area contributed by atoms with Crippen LogP contribution in [0, 0.1) is 0 Å². The fraction of sp³-hybridized carbons (Fsp3) is 0.350.